The third-order valence-electron chi connectivity index (χ3n) is 5.20. The van der Waals surface area contributed by atoms with Gasteiger partial charge < -0.3 is 19.4 Å². The summed E-state index contributed by atoms with van der Waals surface area (Å²) in [7, 11) is 1.56. The Labute approximate surface area is 178 Å². The number of aryl methyl sites for hydroxylation is 1. The number of pyridine rings is 1. The number of ether oxygens (including phenoxy) is 2. The predicted octanol–water partition coefficient (Wildman–Crippen LogP) is 2.69. The van der Waals surface area contributed by atoms with Gasteiger partial charge in [-0.2, -0.15) is 0 Å². The smallest absolute Gasteiger partial charge is 0.322 e. The van der Waals surface area contributed by atoms with Gasteiger partial charge in [0.05, 0.1) is 13.7 Å². The average molecular weight is 419 g/mol. The summed E-state index contributed by atoms with van der Waals surface area (Å²) in [5.74, 6) is 1.14. The highest BCUT2D eigenvalue weighted by molar-refractivity contribution is 6.07. The van der Waals surface area contributed by atoms with Gasteiger partial charge in [-0.25, -0.2) is 4.79 Å². The van der Waals surface area contributed by atoms with Gasteiger partial charge in [0, 0.05) is 11.8 Å². The number of carbonyl (C=O) groups excluding carboxylic acids is 2. The number of amides is 3. The highest BCUT2D eigenvalue weighted by atomic mass is 16.5. The number of urea groups is 1. The van der Waals surface area contributed by atoms with Crippen LogP contribution < -0.4 is 25.7 Å². The third kappa shape index (κ3) is 3.75. The Hall–Kier alpha value is -4.07. The second-order valence-corrected chi connectivity index (χ2v) is 7.22. The van der Waals surface area contributed by atoms with E-state index in [1.54, 1.807) is 68.8 Å². The van der Waals surface area contributed by atoms with Crippen molar-refractivity contribution in [2.45, 2.75) is 19.0 Å². The Morgan fingerprint density at radius 1 is 0.935 bits per heavy atom. The van der Waals surface area contributed by atoms with Gasteiger partial charge in [-0.05, 0) is 42.8 Å². The van der Waals surface area contributed by atoms with Crippen molar-refractivity contribution in [3.8, 4) is 17.2 Å². The number of para-hydroxylation sites is 2. The second-order valence-electron chi connectivity index (χ2n) is 7.22. The topological polar surface area (TPSA) is 98.7 Å². The van der Waals surface area contributed by atoms with Gasteiger partial charge >= 0.3 is 6.03 Å². The molecule has 0 aliphatic carbocycles. The lowest BCUT2D eigenvalue weighted by Gasteiger charge is -2.27. The fourth-order valence-corrected chi connectivity index (χ4v) is 3.57. The summed E-state index contributed by atoms with van der Waals surface area (Å²) in [6, 6.07) is 16.8. The molecule has 0 spiro atoms. The van der Waals surface area contributed by atoms with E-state index in [-0.39, 0.29) is 12.1 Å². The molecule has 1 aromatic heterocycles. The van der Waals surface area contributed by atoms with Gasteiger partial charge in [-0.1, -0.05) is 30.3 Å². The standard InChI is InChI=1S/C23H21N3O5/c1-15-6-5-13-26(20(15)27)14-23(21(28)24-22(29)25-23)16-9-11-17(12-10-16)31-19-8-4-3-7-18(19)30-2/h3-13H,14H2,1-2H3,(H2,24,25,28,29). The number of nitrogens with zero attached hydrogens (tertiary/aromatic N) is 1. The summed E-state index contributed by atoms with van der Waals surface area (Å²) in [6.45, 7) is 1.65. The SMILES string of the molecule is COc1ccccc1Oc1ccc(C2(Cn3cccc(C)c3=O)NC(=O)NC2=O)cc1. The molecule has 158 valence electrons. The lowest BCUT2D eigenvalue weighted by molar-refractivity contribution is -0.124. The highest BCUT2D eigenvalue weighted by Crippen LogP contribution is 2.33. The Balaban J connectivity index is 1.68. The van der Waals surface area contributed by atoms with Gasteiger partial charge in [0.2, 0.25) is 0 Å². The van der Waals surface area contributed by atoms with Crippen LogP contribution in [0.5, 0.6) is 17.2 Å². The van der Waals surface area contributed by atoms with Crippen LogP contribution in [0.3, 0.4) is 0 Å². The van der Waals surface area contributed by atoms with Crippen molar-refractivity contribution in [2.24, 2.45) is 0 Å². The first-order valence-electron chi connectivity index (χ1n) is 9.64. The number of hydrogen-bond donors (Lipinski definition) is 2. The van der Waals surface area contributed by atoms with Crippen molar-refractivity contribution in [1.29, 1.82) is 0 Å². The van der Waals surface area contributed by atoms with Crippen LogP contribution in [0.15, 0.2) is 71.7 Å². The molecule has 0 radical (unpaired) electrons. The van der Waals surface area contributed by atoms with E-state index in [0.29, 0.717) is 28.4 Å². The van der Waals surface area contributed by atoms with Gasteiger partial charge in [0.25, 0.3) is 11.5 Å². The van der Waals surface area contributed by atoms with Crippen LogP contribution in [0, 0.1) is 6.92 Å². The maximum absolute atomic E-state index is 12.8. The minimum Gasteiger partial charge on any atom is -0.493 e. The number of aromatic nitrogens is 1. The van der Waals surface area contributed by atoms with Crippen LogP contribution in [-0.2, 0) is 16.9 Å². The molecule has 2 heterocycles. The first kappa shape index (κ1) is 20.2. The monoisotopic (exact) mass is 419 g/mol. The van der Waals surface area contributed by atoms with Gasteiger partial charge in [-0.15, -0.1) is 0 Å². The average Bonchev–Trinajstić information content (AvgIpc) is 3.06. The molecule has 3 aromatic rings. The molecule has 1 atom stereocenters. The molecule has 0 bridgehead atoms. The van der Waals surface area contributed by atoms with Crippen LogP contribution in [-0.4, -0.2) is 23.6 Å². The van der Waals surface area contributed by atoms with E-state index < -0.39 is 17.5 Å². The number of methoxy groups -OCH3 is 1. The lowest BCUT2D eigenvalue weighted by atomic mass is 9.89. The van der Waals surface area contributed by atoms with E-state index in [0.717, 1.165) is 0 Å². The molecule has 0 saturated carbocycles. The molecule has 8 heteroatoms. The summed E-state index contributed by atoms with van der Waals surface area (Å²) in [4.78, 5) is 37.3. The number of hydrogen-bond acceptors (Lipinski definition) is 5. The summed E-state index contributed by atoms with van der Waals surface area (Å²) in [5.41, 5.74) is -0.580. The molecule has 3 amide bonds. The minimum atomic E-state index is -1.42. The fraction of sp³-hybridized carbons (Fsp3) is 0.174. The minimum absolute atomic E-state index is 0.0439. The van der Waals surface area contributed by atoms with Crippen molar-refractivity contribution in [3.05, 3.63) is 88.3 Å². The number of carbonyl (C=O) groups is 2. The van der Waals surface area contributed by atoms with E-state index in [1.165, 1.54) is 4.57 Å². The summed E-state index contributed by atoms with van der Waals surface area (Å²) in [5, 5.41) is 4.97. The summed E-state index contributed by atoms with van der Waals surface area (Å²) < 4.78 is 12.6. The summed E-state index contributed by atoms with van der Waals surface area (Å²) >= 11 is 0. The molecule has 1 unspecified atom stereocenters. The maximum atomic E-state index is 12.8. The fourth-order valence-electron chi connectivity index (χ4n) is 3.57. The molecule has 31 heavy (non-hydrogen) atoms. The molecule has 2 aromatic carbocycles. The van der Waals surface area contributed by atoms with E-state index >= 15 is 0 Å². The molecule has 1 aliphatic heterocycles. The zero-order chi connectivity index (χ0) is 22.0. The number of benzene rings is 2. The van der Waals surface area contributed by atoms with E-state index in [4.69, 9.17) is 9.47 Å². The Kier molecular flexibility index (Phi) is 5.21. The maximum Gasteiger partial charge on any atom is 0.322 e. The number of imide groups is 1. The van der Waals surface area contributed by atoms with Crippen LogP contribution >= 0.6 is 0 Å². The molecule has 4 rings (SSSR count). The van der Waals surface area contributed by atoms with Crippen molar-refractivity contribution in [2.75, 3.05) is 7.11 Å². The second kappa shape index (κ2) is 7.98. The Morgan fingerprint density at radius 3 is 2.29 bits per heavy atom. The van der Waals surface area contributed by atoms with Crippen LogP contribution in [0.2, 0.25) is 0 Å². The van der Waals surface area contributed by atoms with Crippen molar-refractivity contribution < 1.29 is 19.1 Å². The van der Waals surface area contributed by atoms with Crippen molar-refractivity contribution in [1.82, 2.24) is 15.2 Å². The van der Waals surface area contributed by atoms with E-state index in [2.05, 4.69) is 10.6 Å². The summed E-state index contributed by atoms with van der Waals surface area (Å²) in [6.07, 6.45) is 1.59. The van der Waals surface area contributed by atoms with Gasteiger partial charge in [0.1, 0.15) is 5.75 Å². The highest BCUT2D eigenvalue weighted by Gasteiger charge is 2.48. The predicted molar refractivity (Wildman–Crippen MR) is 113 cm³/mol. The molecule has 1 saturated heterocycles. The molecular formula is C23H21N3O5. The van der Waals surface area contributed by atoms with Gasteiger partial charge in [-0.3, -0.25) is 14.9 Å². The number of rotatable bonds is 6. The van der Waals surface area contributed by atoms with Gasteiger partial charge in [0.15, 0.2) is 17.0 Å². The van der Waals surface area contributed by atoms with Crippen LogP contribution in [0.25, 0.3) is 0 Å². The molecule has 2 N–H and O–H groups in total. The zero-order valence-corrected chi connectivity index (χ0v) is 17.0. The third-order valence-corrected chi connectivity index (χ3v) is 5.20. The van der Waals surface area contributed by atoms with Crippen molar-refractivity contribution >= 4 is 11.9 Å². The number of nitrogens with one attached hydrogen (secondary N) is 2. The molecular weight excluding hydrogens is 398 g/mol. The van der Waals surface area contributed by atoms with E-state index in [1.807, 2.05) is 12.1 Å². The quantitative estimate of drug-likeness (QED) is 0.599. The first-order valence-corrected chi connectivity index (χ1v) is 9.64. The largest absolute Gasteiger partial charge is 0.493 e. The Morgan fingerprint density at radius 2 is 1.65 bits per heavy atom. The van der Waals surface area contributed by atoms with Crippen LogP contribution in [0.1, 0.15) is 11.1 Å². The van der Waals surface area contributed by atoms with Crippen molar-refractivity contribution in [3.63, 3.8) is 0 Å². The molecule has 1 fully saturated rings. The van der Waals surface area contributed by atoms with E-state index in [9.17, 15) is 14.4 Å². The first-order chi connectivity index (χ1) is 14.9. The molecule has 1 aliphatic rings. The zero-order valence-electron chi connectivity index (χ0n) is 17.0. The lowest BCUT2D eigenvalue weighted by Crippen LogP contribution is -2.49. The molecule has 8 nitrogen and oxygen atoms in total. The normalized spacial score (nSPS) is 17.7. The van der Waals surface area contributed by atoms with Crippen LogP contribution in [0.4, 0.5) is 4.79 Å². The Bertz CT molecular complexity index is 1200.